The van der Waals surface area contributed by atoms with E-state index in [9.17, 15) is 10.2 Å². The van der Waals surface area contributed by atoms with Crippen LogP contribution in [0.3, 0.4) is 0 Å². The SMILES string of the molecule is C=C1[C@H](O)C/C(=C/C=C2\CCC[C@]3(C)[C@@H]([C@H](C)CCCC(C)C)CC[C@@H]23)C(C)C(CC)[C@H]1O. The Morgan fingerprint density at radius 2 is 1.79 bits per heavy atom. The van der Waals surface area contributed by atoms with Crippen molar-refractivity contribution in [2.45, 2.75) is 118 Å². The molecule has 2 N–H and O–H groups in total. The van der Waals surface area contributed by atoms with E-state index in [2.05, 4.69) is 60.3 Å². The molecule has 0 saturated heterocycles. The lowest BCUT2D eigenvalue weighted by Crippen LogP contribution is -2.36. The predicted octanol–water partition coefficient (Wildman–Crippen LogP) is 7.86. The maximum Gasteiger partial charge on any atom is 0.0809 e. The average molecular weight is 457 g/mol. The molecule has 3 rings (SSSR count). The van der Waals surface area contributed by atoms with Gasteiger partial charge in [0, 0.05) is 0 Å². The fourth-order valence-corrected chi connectivity index (χ4v) is 7.83. The number of hydrogen-bond donors (Lipinski definition) is 2. The smallest absolute Gasteiger partial charge is 0.0809 e. The molecule has 2 nitrogen and oxygen atoms in total. The Kier molecular flexibility index (Phi) is 9.12. The highest BCUT2D eigenvalue weighted by Crippen LogP contribution is 2.60. The zero-order valence-electron chi connectivity index (χ0n) is 22.4. The van der Waals surface area contributed by atoms with Gasteiger partial charge in [0.1, 0.15) is 0 Å². The Hall–Kier alpha value is -0.860. The number of aliphatic hydroxyl groups is 2. The summed E-state index contributed by atoms with van der Waals surface area (Å²) in [6, 6.07) is 0. The largest absolute Gasteiger partial charge is 0.388 e. The summed E-state index contributed by atoms with van der Waals surface area (Å²) in [6.45, 7) is 18.2. The van der Waals surface area contributed by atoms with Crippen molar-refractivity contribution in [1.82, 2.24) is 0 Å². The van der Waals surface area contributed by atoms with Gasteiger partial charge in [-0.05, 0) is 91.4 Å². The number of fused-ring (bicyclic) bond motifs is 1. The molecule has 0 spiro atoms. The fourth-order valence-electron chi connectivity index (χ4n) is 7.83. The first-order chi connectivity index (χ1) is 15.6. The van der Waals surface area contributed by atoms with Gasteiger partial charge in [0.25, 0.3) is 0 Å². The van der Waals surface area contributed by atoms with Crippen LogP contribution in [-0.4, -0.2) is 22.4 Å². The van der Waals surface area contributed by atoms with E-state index in [0.717, 1.165) is 24.2 Å². The van der Waals surface area contributed by atoms with Crippen LogP contribution in [0.5, 0.6) is 0 Å². The second-order valence-corrected chi connectivity index (χ2v) is 12.5. The molecular weight excluding hydrogens is 404 g/mol. The van der Waals surface area contributed by atoms with Crippen molar-refractivity contribution >= 4 is 0 Å². The van der Waals surface area contributed by atoms with Crippen molar-refractivity contribution < 1.29 is 10.2 Å². The van der Waals surface area contributed by atoms with E-state index in [1.165, 1.54) is 56.9 Å². The molecule has 0 heterocycles. The van der Waals surface area contributed by atoms with Crippen molar-refractivity contribution in [2.24, 2.45) is 40.9 Å². The molecule has 33 heavy (non-hydrogen) atoms. The summed E-state index contributed by atoms with van der Waals surface area (Å²) in [4.78, 5) is 0. The van der Waals surface area contributed by atoms with Gasteiger partial charge in [-0.3, -0.25) is 0 Å². The molecule has 2 unspecified atom stereocenters. The molecule has 3 aliphatic carbocycles. The number of rotatable bonds is 7. The molecule has 0 aromatic carbocycles. The second-order valence-electron chi connectivity index (χ2n) is 12.5. The van der Waals surface area contributed by atoms with E-state index in [-0.39, 0.29) is 11.8 Å². The molecular formula is C31H52O2. The number of hydrogen-bond acceptors (Lipinski definition) is 2. The summed E-state index contributed by atoms with van der Waals surface area (Å²) in [7, 11) is 0. The van der Waals surface area contributed by atoms with Crippen molar-refractivity contribution in [3.05, 3.63) is 35.5 Å². The number of allylic oxidation sites excluding steroid dienone is 3. The van der Waals surface area contributed by atoms with Crippen LogP contribution in [0, 0.1) is 40.9 Å². The third kappa shape index (κ3) is 5.69. The van der Waals surface area contributed by atoms with Crippen molar-refractivity contribution in [1.29, 1.82) is 0 Å². The lowest BCUT2D eigenvalue weighted by molar-refractivity contribution is 0.0929. The van der Waals surface area contributed by atoms with Crippen LogP contribution in [0.1, 0.15) is 106 Å². The summed E-state index contributed by atoms with van der Waals surface area (Å²) >= 11 is 0. The first-order valence-corrected chi connectivity index (χ1v) is 14.0. The van der Waals surface area contributed by atoms with Gasteiger partial charge in [0.05, 0.1) is 12.2 Å². The highest BCUT2D eigenvalue weighted by atomic mass is 16.3. The van der Waals surface area contributed by atoms with Crippen LogP contribution in [0.25, 0.3) is 0 Å². The van der Waals surface area contributed by atoms with Gasteiger partial charge in [-0.1, -0.05) is 90.7 Å². The summed E-state index contributed by atoms with van der Waals surface area (Å²) < 4.78 is 0. The van der Waals surface area contributed by atoms with Crippen LogP contribution >= 0.6 is 0 Å². The number of aliphatic hydroxyl groups excluding tert-OH is 2. The molecule has 2 heteroatoms. The van der Waals surface area contributed by atoms with Gasteiger partial charge >= 0.3 is 0 Å². The van der Waals surface area contributed by atoms with Gasteiger partial charge < -0.3 is 10.2 Å². The summed E-state index contributed by atoms with van der Waals surface area (Å²) in [5, 5.41) is 21.4. The molecule has 0 aliphatic heterocycles. The van der Waals surface area contributed by atoms with E-state index in [1.807, 2.05) is 0 Å². The average Bonchev–Trinajstić information content (AvgIpc) is 3.10. The molecule has 3 saturated carbocycles. The first kappa shape index (κ1) is 26.7. The van der Waals surface area contributed by atoms with Crippen LogP contribution in [0.15, 0.2) is 35.5 Å². The summed E-state index contributed by atoms with van der Waals surface area (Å²) in [6.07, 6.45) is 15.8. The molecule has 0 bridgehead atoms. The van der Waals surface area contributed by atoms with E-state index >= 15 is 0 Å². The molecule has 0 aromatic heterocycles. The van der Waals surface area contributed by atoms with E-state index in [1.54, 1.807) is 5.57 Å². The minimum absolute atomic E-state index is 0.137. The first-order valence-electron chi connectivity index (χ1n) is 14.0. The molecule has 8 atom stereocenters. The Morgan fingerprint density at radius 3 is 2.45 bits per heavy atom. The maximum absolute atomic E-state index is 10.7. The lowest BCUT2D eigenvalue weighted by atomic mass is 9.60. The zero-order valence-corrected chi connectivity index (χ0v) is 22.4. The predicted molar refractivity (Wildman–Crippen MR) is 141 cm³/mol. The maximum atomic E-state index is 10.7. The molecule has 188 valence electrons. The normalized spacial score (nSPS) is 40.9. The standard InChI is InChI=1S/C31H52O2/c1-8-26-22(5)25(19-29(32)23(6)30(26)33)15-14-24-13-10-18-31(7)27(16-17-28(24)31)21(4)12-9-11-20(2)3/h14-15,20-22,26-30,32-33H,6,8-13,16-19H2,1-5,7H3/b24-14+,25-15-/t21-,22?,26?,27-,28+,29-,30+,31-/m1/s1. The van der Waals surface area contributed by atoms with Crippen LogP contribution < -0.4 is 0 Å². The van der Waals surface area contributed by atoms with Gasteiger partial charge in [-0.2, -0.15) is 0 Å². The Bertz CT molecular complexity index is 731. The lowest BCUT2D eigenvalue weighted by Gasteiger charge is -2.44. The minimum Gasteiger partial charge on any atom is -0.388 e. The quantitative estimate of drug-likeness (QED) is 0.302. The van der Waals surface area contributed by atoms with E-state index in [0.29, 0.717) is 23.3 Å². The second kappa shape index (κ2) is 11.3. The van der Waals surface area contributed by atoms with Crippen molar-refractivity contribution in [3.63, 3.8) is 0 Å². The topological polar surface area (TPSA) is 40.5 Å². The van der Waals surface area contributed by atoms with E-state index < -0.39 is 12.2 Å². The molecule has 0 radical (unpaired) electrons. The minimum atomic E-state index is -0.636. The molecule has 0 aromatic rings. The Balaban J connectivity index is 1.78. The van der Waals surface area contributed by atoms with Gasteiger partial charge in [0.2, 0.25) is 0 Å². The Labute approximate surface area is 204 Å². The van der Waals surface area contributed by atoms with Gasteiger partial charge in [-0.15, -0.1) is 0 Å². The summed E-state index contributed by atoms with van der Waals surface area (Å²) in [5.41, 5.74) is 3.97. The van der Waals surface area contributed by atoms with Crippen molar-refractivity contribution in [2.75, 3.05) is 0 Å². The van der Waals surface area contributed by atoms with Crippen LogP contribution in [0.4, 0.5) is 0 Å². The van der Waals surface area contributed by atoms with Gasteiger partial charge in [0.15, 0.2) is 0 Å². The van der Waals surface area contributed by atoms with Crippen LogP contribution in [0.2, 0.25) is 0 Å². The summed E-state index contributed by atoms with van der Waals surface area (Å²) in [5.74, 6) is 3.62. The fraction of sp³-hybridized carbons (Fsp3) is 0.806. The Morgan fingerprint density at radius 1 is 1.09 bits per heavy atom. The molecule has 3 aliphatic rings. The monoisotopic (exact) mass is 456 g/mol. The highest BCUT2D eigenvalue weighted by molar-refractivity contribution is 5.29. The van der Waals surface area contributed by atoms with Crippen LogP contribution in [-0.2, 0) is 0 Å². The van der Waals surface area contributed by atoms with E-state index in [4.69, 9.17) is 0 Å². The zero-order chi connectivity index (χ0) is 24.3. The van der Waals surface area contributed by atoms with Crippen molar-refractivity contribution in [3.8, 4) is 0 Å². The molecule has 0 amide bonds. The third-order valence-electron chi connectivity index (χ3n) is 10.0. The van der Waals surface area contributed by atoms with Gasteiger partial charge in [-0.25, -0.2) is 0 Å². The highest BCUT2D eigenvalue weighted by Gasteiger charge is 2.50. The third-order valence-corrected chi connectivity index (χ3v) is 10.0. The molecule has 3 fully saturated rings.